The van der Waals surface area contributed by atoms with E-state index >= 15 is 4.39 Å². The van der Waals surface area contributed by atoms with E-state index in [1.165, 1.54) is 13.1 Å². The summed E-state index contributed by atoms with van der Waals surface area (Å²) < 4.78 is 21.0. The van der Waals surface area contributed by atoms with Gasteiger partial charge in [0.25, 0.3) is 0 Å². The lowest BCUT2D eigenvalue weighted by molar-refractivity contribution is -0.124. The number of hydrogen-bond acceptors (Lipinski definition) is 4. The van der Waals surface area contributed by atoms with E-state index in [1.807, 2.05) is 36.1 Å². The maximum atomic E-state index is 15.4. The van der Waals surface area contributed by atoms with Crippen LogP contribution in [0.1, 0.15) is 24.0 Å². The van der Waals surface area contributed by atoms with Gasteiger partial charge in [0.15, 0.2) is 0 Å². The summed E-state index contributed by atoms with van der Waals surface area (Å²) in [6.45, 7) is 3.01. The Hall–Kier alpha value is -3.13. The zero-order valence-electron chi connectivity index (χ0n) is 20.5. The highest BCUT2D eigenvalue weighted by molar-refractivity contribution is 6.31. The van der Waals surface area contributed by atoms with E-state index in [0.717, 1.165) is 5.56 Å². The molecule has 3 aromatic rings. The van der Waals surface area contributed by atoms with Crippen LogP contribution in [-0.2, 0) is 16.1 Å². The van der Waals surface area contributed by atoms with Gasteiger partial charge in [0, 0.05) is 36.8 Å². The fourth-order valence-electron chi connectivity index (χ4n) is 4.93. The molecule has 9 heteroatoms. The van der Waals surface area contributed by atoms with Crippen LogP contribution in [0.4, 0.5) is 10.1 Å². The Labute approximate surface area is 225 Å². The number of benzene rings is 3. The molecule has 4 rings (SSSR count). The minimum absolute atomic E-state index is 0.0648. The number of ether oxygens (including phenoxy) is 1. The van der Waals surface area contributed by atoms with Crippen molar-refractivity contribution >= 4 is 40.7 Å². The number of nitrogens with zero attached hydrogens (tertiary/aromatic N) is 1. The third-order valence-corrected chi connectivity index (χ3v) is 7.00. The van der Waals surface area contributed by atoms with Crippen molar-refractivity contribution in [3.63, 3.8) is 0 Å². The molecule has 0 aliphatic carbocycles. The summed E-state index contributed by atoms with van der Waals surface area (Å²) in [6, 6.07) is 18.1. The molecule has 6 nitrogen and oxygen atoms in total. The summed E-state index contributed by atoms with van der Waals surface area (Å²) in [4.78, 5) is 28.8. The lowest BCUT2D eigenvalue weighted by Gasteiger charge is -2.28. The van der Waals surface area contributed by atoms with E-state index in [4.69, 9.17) is 27.9 Å². The maximum absolute atomic E-state index is 15.4. The molecule has 0 spiro atoms. The zero-order valence-corrected chi connectivity index (χ0v) is 22.0. The molecule has 0 bridgehead atoms. The van der Waals surface area contributed by atoms with Gasteiger partial charge in [-0.1, -0.05) is 53.5 Å². The Morgan fingerprint density at radius 2 is 1.81 bits per heavy atom. The monoisotopic (exact) mass is 543 g/mol. The summed E-state index contributed by atoms with van der Waals surface area (Å²) in [6.07, 6.45) is 0. The lowest BCUT2D eigenvalue weighted by Crippen LogP contribution is -2.42. The molecule has 2 N–H and O–H groups in total. The van der Waals surface area contributed by atoms with Crippen molar-refractivity contribution in [3.8, 4) is 5.75 Å². The first kappa shape index (κ1) is 26.9. The Balaban J connectivity index is 1.77. The van der Waals surface area contributed by atoms with Gasteiger partial charge in [-0.25, -0.2) is 4.39 Å². The van der Waals surface area contributed by atoms with E-state index in [9.17, 15) is 9.59 Å². The third-order valence-electron chi connectivity index (χ3n) is 6.48. The van der Waals surface area contributed by atoms with Crippen LogP contribution in [0.25, 0.3) is 0 Å². The van der Waals surface area contributed by atoms with Crippen LogP contribution in [-0.4, -0.2) is 43.0 Å². The van der Waals surface area contributed by atoms with Gasteiger partial charge < -0.3 is 15.4 Å². The van der Waals surface area contributed by atoms with Crippen molar-refractivity contribution < 1.29 is 18.7 Å². The molecule has 1 aliphatic rings. The molecule has 2 amide bonds. The van der Waals surface area contributed by atoms with Crippen molar-refractivity contribution in [2.75, 3.05) is 25.5 Å². The second-order valence-electron chi connectivity index (χ2n) is 8.84. The molecular weight excluding hydrogens is 516 g/mol. The molecule has 194 valence electrons. The number of carbonyl (C=O) groups excluding carboxylic acids is 2. The fraction of sp³-hybridized carbons (Fsp3) is 0.286. The highest BCUT2D eigenvalue weighted by Gasteiger charge is 2.50. The highest BCUT2D eigenvalue weighted by atomic mass is 35.5. The Morgan fingerprint density at radius 1 is 1.05 bits per heavy atom. The van der Waals surface area contributed by atoms with Crippen LogP contribution in [0.5, 0.6) is 5.75 Å². The lowest BCUT2D eigenvalue weighted by atomic mass is 9.82. The van der Waals surface area contributed by atoms with E-state index < -0.39 is 23.7 Å². The van der Waals surface area contributed by atoms with Gasteiger partial charge in [0.05, 0.1) is 23.6 Å². The average Bonchev–Trinajstić information content (AvgIpc) is 3.24. The third kappa shape index (κ3) is 6.06. The molecule has 3 atom stereocenters. The minimum atomic E-state index is -0.870. The number of nitrogens with one attached hydrogen (secondary N) is 2. The van der Waals surface area contributed by atoms with E-state index in [0.29, 0.717) is 29.6 Å². The summed E-state index contributed by atoms with van der Waals surface area (Å²) >= 11 is 12.2. The van der Waals surface area contributed by atoms with Crippen LogP contribution < -0.4 is 15.4 Å². The predicted molar refractivity (Wildman–Crippen MR) is 144 cm³/mol. The largest absolute Gasteiger partial charge is 0.494 e. The minimum Gasteiger partial charge on any atom is -0.494 e. The van der Waals surface area contributed by atoms with Gasteiger partial charge in [-0.2, -0.15) is 0 Å². The van der Waals surface area contributed by atoms with Crippen molar-refractivity contribution in [2.45, 2.75) is 25.4 Å². The second-order valence-corrected chi connectivity index (χ2v) is 9.69. The van der Waals surface area contributed by atoms with E-state index in [1.54, 1.807) is 36.4 Å². The zero-order chi connectivity index (χ0) is 26.5. The number of likely N-dealkylation sites (tertiary alicyclic amines) is 1. The number of halogens is 3. The first-order valence-electron chi connectivity index (χ1n) is 12.0. The molecule has 1 aliphatic heterocycles. The standard InChI is InChI=1S/C28H28Cl2FN3O3/c1-3-37-20-10-4-7-17(13-20)15-34-16-22(27(35)32-2)24(21-11-6-12-23(30)25(21)31)26(34)28(36)33-19-9-5-8-18(29)14-19/h4-14,22,24,26H,3,15-16H2,1-2H3,(H,32,35)(H,33,36)/t22-,24+,26?/m1/s1. The first-order chi connectivity index (χ1) is 17.8. The van der Waals surface area contributed by atoms with Gasteiger partial charge in [-0.05, 0) is 54.4 Å². The molecule has 37 heavy (non-hydrogen) atoms. The molecule has 1 heterocycles. The molecule has 0 radical (unpaired) electrons. The van der Waals surface area contributed by atoms with Gasteiger partial charge in [0.2, 0.25) is 11.8 Å². The molecule has 3 aromatic carbocycles. The fourth-order valence-corrected chi connectivity index (χ4v) is 5.30. The summed E-state index contributed by atoms with van der Waals surface area (Å²) in [7, 11) is 1.53. The van der Waals surface area contributed by atoms with Crippen molar-refractivity contribution in [1.29, 1.82) is 0 Å². The Bertz CT molecular complexity index is 1290. The number of carbonyl (C=O) groups is 2. The molecule has 1 saturated heterocycles. The van der Waals surface area contributed by atoms with E-state index in [-0.39, 0.29) is 28.9 Å². The molecule has 0 aromatic heterocycles. The number of hydrogen-bond donors (Lipinski definition) is 2. The van der Waals surface area contributed by atoms with Crippen LogP contribution in [0.3, 0.4) is 0 Å². The number of anilines is 1. The summed E-state index contributed by atoms with van der Waals surface area (Å²) in [5, 5.41) is 5.99. The van der Waals surface area contributed by atoms with Crippen molar-refractivity contribution in [1.82, 2.24) is 10.2 Å². The molecular formula is C28H28Cl2FN3O3. The van der Waals surface area contributed by atoms with Crippen molar-refractivity contribution in [2.24, 2.45) is 5.92 Å². The predicted octanol–water partition coefficient (Wildman–Crippen LogP) is 5.50. The smallest absolute Gasteiger partial charge is 0.242 e. The SMILES string of the molecule is CCOc1cccc(CN2C[C@@H](C(=O)NC)[C@H](c3cccc(Cl)c3F)C2C(=O)Nc2cccc(Cl)c2)c1. The van der Waals surface area contributed by atoms with Crippen molar-refractivity contribution in [3.05, 3.63) is 93.7 Å². The molecule has 1 fully saturated rings. The van der Waals surface area contributed by atoms with Gasteiger partial charge in [0.1, 0.15) is 11.6 Å². The topological polar surface area (TPSA) is 70.7 Å². The summed E-state index contributed by atoms with van der Waals surface area (Å²) in [5.74, 6) is -2.06. The van der Waals surface area contributed by atoms with Gasteiger partial charge in [-0.3, -0.25) is 14.5 Å². The molecule has 0 saturated carbocycles. The maximum Gasteiger partial charge on any atom is 0.242 e. The van der Waals surface area contributed by atoms with Crippen LogP contribution in [0.2, 0.25) is 10.0 Å². The Morgan fingerprint density at radius 3 is 2.54 bits per heavy atom. The van der Waals surface area contributed by atoms with Crippen LogP contribution in [0.15, 0.2) is 66.7 Å². The normalized spacial score (nSPS) is 19.4. The van der Waals surface area contributed by atoms with Gasteiger partial charge >= 0.3 is 0 Å². The Kier molecular flexibility index (Phi) is 8.69. The van der Waals surface area contributed by atoms with Crippen LogP contribution in [0, 0.1) is 11.7 Å². The number of rotatable bonds is 8. The average molecular weight is 544 g/mol. The van der Waals surface area contributed by atoms with E-state index in [2.05, 4.69) is 10.6 Å². The number of amides is 2. The summed E-state index contributed by atoms with van der Waals surface area (Å²) in [5.41, 5.74) is 1.62. The quantitative estimate of drug-likeness (QED) is 0.393. The second kappa shape index (κ2) is 11.9. The molecule has 1 unspecified atom stereocenters. The highest BCUT2D eigenvalue weighted by Crippen LogP contribution is 2.42. The first-order valence-corrected chi connectivity index (χ1v) is 12.8. The van der Waals surface area contributed by atoms with Crippen LogP contribution >= 0.6 is 23.2 Å². The van der Waals surface area contributed by atoms with Gasteiger partial charge in [-0.15, -0.1) is 0 Å².